The van der Waals surface area contributed by atoms with Crippen LogP contribution in [0, 0.1) is 29.6 Å². The maximum Gasteiger partial charge on any atom is 0.457 e. The molecule has 7 heteroatoms. The van der Waals surface area contributed by atoms with Gasteiger partial charge in [0.05, 0.1) is 0 Å². The van der Waals surface area contributed by atoms with Crippen LogP contribution in [0.5, 0.6) is 0 Å². The highest BCUT2D eigenvalue weighted by molar-refractivity contribution is 5.85. The second-order valence-corrected chi connectivity index (χ2v) is 5.61. The molecule has 0 spiro atoms. The van der Waals surface area contributed by atoms with Crippen LogP contribution in [0.15, 0.2) is 0 Å². The molecule has 0 aromatic heterocycles. The Bertz CT molecular complexity index is 470. The molecular formula is C14H18F3NO3. The Morgan fingerprint density at radius 2 is 1.81 bits per heavy atom. The highest BCUT2D eigenvalue weighted by atomic mass is 19.4. The molecule has 118 valence electrons. The van der Waals surface area contributed by atoms with Crippen molar-refractivity contribution in [2.24, 2.45) is 17.8 Å². The van der Waals surface area contributed by atoms with Crippen LogP contribution < -0.4 is 0 Å². The number of amides is 1. The van der Waals surface area contributed by atoms with Crippen LogP contribution in [0.2, 0.25) is 0 Å². The predicted octanol–water partition coefficient (Wildman–Crippen LogP) is 2.15. The van der Waals surface area contributed by atoms with Gasteiger partial charge in [0.15, 0.2) is 0 Å². The van der Waals surface area contributed by atoms with Crippen molar-refractivity contribution in [2.45, 2.75) is 38.9 Å². The van der Waals surface area contributed by atoms with E-state index in [4.69, 9.17) is 5.11 Å². The lowest BCUT2D eigenvalue weighted by Gasteiger charge is -2.36. The van der Waals surface area contributed by atoms with Crippen LogP contribution in [0.25, 0.3) is 0 Å². The predicted molar refractivity (Wildman–Crippen MR) is 69.1 cm³/mol. The number of carbonyl (C=O) groups excluding carboxylic acids is 1. The standard InChI is InChI=1S/C14H18F3NO3/c1-8(2)11(13(20)21)18(3)12(19)10-6-9(7-10)4-5-14(15,16)17/h8-11H,6-7H2,1-3H3,(H,20,21)/t9?,10?,11-/m0/s1. The zero-order valence-corrected chi connectivity index (χ0v) is 12.1. The number of hydrogen-bond donors (Lipinski definition) is 1. The van der Waals surface area contributed by atoms with Crippen LogP contribution >= 0.6 is 0 Å². The summed E-state index contributed by atoms with van der Waals surface area (Å²) in [6.07, 6.45) is -4.02. The van der Waals surface area contributed by atoms with Crippen molar-refractivity contribution in [2.75, 3.05) is 7.05 Å². The maximum absolute atomic E-state index is 12.1. The van der Waals surface area contributed by atoms with Crippen molar-refractivity contribution in [3.05, 3.63) is 0 Å². The number of carboxylic acids is 1. The monoisotopic (exact) mass is 305 g/mol. The van der Waals surface area contributed by atoms with Gasteiger partial charge in [-0.25, -0.2) is 4.79 Å². The average Bonchev–Trinajstić information content (AvgIpc) is 2.23. The van der Waals surface area contributed by atoms with E-state index in [0.29, 0.717) is 0 Å². The number of halogens is 3. The molecule has 0 bridgehead atoms. The fraction of sp³-hybridized carbons (Fsp3) is 0.714. The first-order valence-corrected chi connectivity index (χ1v) is 6.61. The lowest BCUT2D eigenvalue weighted by atomic mass is 9.74. The quantitative estimate of drug-likeness (QED) is 0.810. The number of hydrogen-bond acceptors (Lipinski definition) is 2. The van der Waals surface area contributed by atoms with Gasteiger partial charge in [0.2, 0.25) is 5.91 Å². The van der Waals surface area contributed by atoms with E-state index >= 15 is 0 Å². The van der Waals surface area contributed by atoms with Crippen molar-refractivity contribution in [3.63, 3.8) is 0 Å². The Kier molecular flexibility index (Phi) is 5.26. The first-order chi connectivity index (χ1) is 9.53. The van der Waals surface area contributed by atoms with Crippen LogP contribution in [-0.4, -0.2) is 41.1 Å². The number of rotatable bonds is 4. The summed E-state index contributed by atoms with van der Waals surface area (Å²) in [5.74, 6) is 0.721. The third-order valence-corrected chi connectivity index (χ3v) is 3.55. The number of nitrogens with zero attached hydrogens (tertiary/aromatic N) is 1. The molecule has 1 amide bonds. The van der Waals surface area contributed by atoms with Gasteiger partial charge in [0, 0.05) is 24.8 Å². The van der Waals surface area contributed by atoms with Crippen LogP contribution in [0.1, 0.15) is 26.7 Å². The van der Waals surface area contributed by atoms with E-state index in [0.717, 1.165) is 0 Å². The molecule has 1 atom stereocenters. The second kappa shape index (κ2) is 6.37. The fourth-order valence-corrected chi connectivity index (χ4v) is 2.44. The Morgan fingerprint density at radius 1 is 1.29 bits per heavy atom. The van der Waals surface area contributed by atoms with Gasteiger partial charge in [0.25, 0.3) is 0 Å². The van der Waals surface area contributed by atoms with E-state index in [2.05, 4.69) is 5.92 Å². The number of aliphatic carboxylic acids is 1. The highest BCUT2D eigenvalue weighted by Crippen LogP contribution is 2.35. The minimum Gasteiger partial charge on any atom is -0.480 e. The van der Waals surface area contributed by atoms with E-state index in [1.807, 2.05) is 0 Å². The summed E-state index contributed by atoms with van der Waals surface area (Å²) in [6, 6.07) is -0.933. The van der Waals surface area contributed by atoms with Crippen molar-refractivity contribution < 1.29 is 27.9 Å². The molecule has 21 heavy (non-hydrogen) atoms. The SMILES string of the molecule is CC(C)[C@@H](C(=O)O)N(C)C(=O)C1CC(C#CC(F)(F)F)C1. The van der Waals surface area contributed by atoms with Crippen molar-refractivity contribution in [1.29, 1.82) is 0 Å². The molecule has 0 aliphatic heterocycles. The Labute approximate surface area is 121 Å². The van der Waals surface area contributed by atoms with Crippen LogP contribution in [0.3, 0.4) is 0 Å². The minimum absolute atomic E-state index is 0.247. The van der Waals surface area contributed by atoms with Gasteiger partial charge in [0.1, 0.15) is 6.04 Å². The molecule has 1 N–H and O–H groups in total. The smallest absolute Gasteiger partial charge is 0.457 e. The highest BCUT2D eigenvalue weighted by Gasteiger charge is 2.39. The lowest BCUT2D eigenvalue weighted by molar-refractivity contribution is -0.154. The molecule has 1 aliphatic carbocycles. The number of carboxylic acid groups (broad SMARTS) is 1. The van der Waals surface area contributed by atoms with Crippen molar-refractivity contribution in [1.82, 2.24) is 4.90 Å². The second-order valence-electron chi connectivity index (χ2n) is 5.61. The van der Waals surface area contributed by atoms with E-state index < -0.39 is 30.0 Å². The van der Waals surface area contributed by atoms with Gasteiger partial charge in [-0.05, 0) is 18.8 Å². The summed E-state index contributed by atoms with van der Waals surface area (Å²) in [4.78, 5) is 24.4. The summed E-state index contributed by atoms with van der Waals surface area (Å²) in [6.45, 7) is 3.39. The Morgan fingerprint density at radius 3 is 2.19 bits per heavy atom. The Hall–Kier alpha value is -1.71. The molecule has 1 rings (SSSR count). The van der Waals surface area contributed by atoms with Gasteiger partial charge >= 0.3 is 12.1 Å². The molecule has 1 aliphatic rings. The average molecular weight is 305 g/mol. The Balaban J connectivity index is 2.59. The summed E-state index contributed by atoms with van der Waals surface area (Å²) in [5.41, 5.74) is 0. The van der Waals surface area contributed by atoms with Gasteiger partial charge in [-0.1, -0.05) is 19.8 Å². The molecule has 0 heterocycles. The van der Waals surface area contributed by atoms with Gasteiger partial charge in [-0.3, -0.25) is 4.79 Å². The van der Waals surface area contributed by atoms with E-state index in [-0.39, 0.29) is 24.7 Å². The van der Waals surface area contributed by atoms with Crippen molar-refractivity contribution >= 4 is 11.9 Å². The maximum atomic E-state index is 12.1. The molecular weight excluding hydrogens is 287 g/mol. The molecule has 4 nitrogen and oxygen atoms in total. The molecule has 1 saturated carbocycles. The van der Waals surface area contributed by atoms with Crippen LogP contribution in [0.4, 0.5) is 13.2 Å². The van der Waals surface area contributed by atoms with Crippen molar-refractivity contribution in [3.8, 4) is 11.8 Å². The summed E-state index contributed by atoms with van der Waals surface area (Å²) in [7, 11) is 1.41. The summed E-state index contributed by atoms with van der Waals surface area (Å²) >= 11 is 0. The zero-order chi connectivity index (χ0) is 16.4. The zero-order valence-electron chi connectivity index (χ0n) is 12.1. The largest absolute Gasteiger partial charge is 0.480 e. The van der Waals surface area contributed by atoms with Gasteiger partial charge in [-0.2, -0.15) is 13.2 Å². The fourth-order valence-electron chi connectivity index (χ4n) is 2.44. The number of carbonyl (C=O) groups is 2. The number of alkyl halides is 3. The minimum atomic E-state index is -4.52. The van der Waals surface area contributed by atoms with E-state index in [1.165, 1.54) is 17.9 Å². The van der Waals surface area contributed by atoms with E-state index in [1.54, 1.807) is 13.8 Å². The van der Waals surface area contributed by atoms with Crippen LogP contribution in [-0.2, 0) is 9.59 Å². The molecule has 0 aromatic carbocycles. The molecule has 0 saturated heterocycles. The molecule has 0 aromatic rings. The summed E-state index contributed by atoms with van der Waals surface area (Å²) in [5, 5.41) is 9.12. The molecule has 0 unspecified atom stereocenters. The number of likely N-dealkylation sites (N-methyl/N-ethyl adjacent to an activating group) is 1. The summed E-state index contributed by atoms with van der Waals surface area (Å²) < 4.78 is 35.8. The first kappa shape index (κ1) is 17.3. The third-order valence-electron chi connectivity index (χ3n) is 3.55. The lowest BCUT2D eigenvalue weighted by Crippen LogP contribution is -2.50. The normalized spacial score (nSPS) is 22.8. The molecule has 0 radical (unpaired) electrons. The van der Waals surface area contributed by atoms with E-state index in [9.17, 15) is 22.8 Å². The molecule has 1 fully saturated rings. The topological polar surface area (TPSA) is 57.6 Å². The third kappa shape index (κ3) is 4.66. The van der Waals surface area contributed by atoms with Gasteiger partial charge < -0.3 is 10.0 Å². The van der Waals surface area contributed by atoms with Gasteiger partial charge in [-0.15, -0.1) is 0 Å². The first-order valence-electron chi connectivity index (χ1n) is 6.61.